The van der Waals surface area contributed by atoms with Crippen molar-refractivity contribution >= 4 is 29.1 Å². The summed E-state index contributed by atoms with van der Waals surface area (Å²) in [6.45, 7) is 1.93. The zero-order chi connectivity index (χ0) is 13.0. The van der Waals surface area contributed by atoms with E-state index in [1.54, 1.807) is 11.3 Å². The van der Waals surface area contributed by atoms with Gasteiger partial charge in [0.05, 0.1) is 12.0 Å². The molecule has 7 heteroatoms. The van der Waals surface area contributed by atoms with E-state index in [4.69, 9.17) is 4.74 Å². The van der Waals surface area contributed by atoms with Crippen LogP contribution >= 0.6 is 23.1 Å². The minimum absolute atomic E-state index is 0.245. The number of hydrogen-bond acceptors (Lipinski definition) is 6. The molecular formula is C11H13N3O2S2. The van der Waals surface area contributed by atoms with E-state index in [1.807, 2.05) is 24.4 Å². The number of rotatable bonds is 5. The van der Waals surface area contributed by atoms with Crippen LogP contribution in [0.4, 0.5) is 0 Å². The van der Waals surface area contributed by atoms with E-state index in [9.17, 15) is 4.79 Å². The minimum atomic E-state index is -0.262. The molecule has 0 aliphatic heterocycles. The van der Waals surface area contributed by atoms with Crippen molar-refractivity contribution in [2.75, 3.05) is 7.11 Å². The molecule has 0 bridgehead atoms. The fourth-order valence-corrected chi connectivity index (χ4v) is 2.90. The van der Waals surface area contributed by atoms with Crippen LogP contribution < -0.4 is 0 Å². The van der Waals surface area contributed by atoms with Crippen LogP contribution in [0.2, 0.25) is 0 Å². The molecule has 0 saturated carbocycles. The van der Waals surface area contributed by atoms with Crippen molar-refractivity contribution in [1.82, 2.24) is 15.2 Å². The first-order chi connectivity index (χ1) is 8.74. The molecule has 96 valence electrons. The summed E-state index contributed by atoms with van der Waals surface area (Å²) < 4.78 is 4.73. The maximum atomic E-state index is 11.5. The Kier molecular flexibility index (Phi) is 4.38. The number of thiophene rings is 1. The molecule has 18 heavy (non-hydrogen) atoms. The van der Waals surface area contributed by atoms with E-state index in [2.05, 4.69) is 15.2 Å². The van der Waals surface area contributed by atoms with Crippen molar-refractivity contribution < 1.29 is 9.53 Å². The Labute approximate surface area is 113 Å². The molecule has 0 aliphatic rings. The lowest BCUT2D eigenvalue weighted by Gasteiger charge is -2.08. The van der Waals surface area contributed by atoms with Gasteiger partial charge in [-0.2, -0.15) is 0 Å². The molecule has 1 N–H and O–H groups in total. The number of aromatic nitrogens is 3. The summed E-state index contributed by atoms with van der Waals surface area (Å²) in [5.41, 5.74) is 0. The largest absolute Gasteiger partial charge is 0.468 e. The molecule has 0 fully saturated rings. The lowest BCUT2D eigenvalue weighted by molar-refractivity contribution is -0.140. The Morgan fingerprint density at radius 2 is 2.50 bits per heavy atom. The first kappa shape index (κ1) is 13.1. The summed E-state index contributed by atoms with van der Waals surface area (Å²) >= 11 is 2.91. The third-order valence-electron chi connectivity index (χ3n) is 2.30. The van der Waals surface area contributed by atoms with E-state index in [-0.39, 0.29) is 11.2 Å². The Bertz CT molecular complexity index is 510. The molecule has 0 amide bonds. The number of carbonyl (C=O) groups excluding carboxylic acids is 1. The van der Waals surface area contributed by atoms with Gasteiger partial charge in [-0.3, -0.25) is 9.89 Å². The number of ether oxygens (including phenoxy) is 1. The number of esters is 1. The van der Waals surface area contributed by atoms with Crippen molar-refractivity contribution in [1.29, 1.82) is 0 Å². The summed E-state index contributed by atoms with van der Waals surface area (Å²) in [7, 11) is 1.39. The third kappa shape index (κ3) is 2.91. The molecule has 2 rings (SSSR count). The summed E-state index contributed by atoms with van der Waals surface area (Å²) in [4.78, 5) is 16.9. The number of nitrogens with one attached hydrogen (secondary N) is 1. The van der Waals surface area contributed by atoms with Crippen LogP contribution in [0.5, 0.6) is 0 Å². The Morgan fingerprint density at radius 1 is 1.67 bits per heavy atom. The number of H-pyrrole nitrogens is 1. The molecule has 0 unspecified atom stereocenters. The molecule has 0 spiro atoms. The van der Waals surface area contributed by atoms with Crippen LogP contribution in [0.25, 0.3) is 10.7 Å². The van der Waals surface area contributed by atoms with Gasteiger partial charge in [-0.05, 0) is 17.9 Å². The van der Waals surface area contributed by atoms with Gasteiger partial charge in [0.1, 0.15) is 5.25 Å². The van der Waals surface area contributed by atoms with Crippen molar-refractivity contribution in [3.63, 3.8) is 0 Å². The lowest BCUT2D eigenvalue weighted by Crippen LogP contribution is -2.17. The number of methoxy groups -OCH3 is 1. The van der Waals surface area contributed by atoms with Crippen molar-refractivity contribution in [3.05, 3.63) is 17.5 Å². The zero-order valence-corrected chi connectivity index (χ0v) is 11.7. The lowest BCUT2D eigenvalue weighted by atomic mass is 10.3. The highest BCUT2D eigenvalue weighted by Gasteiger charge is 2.20. The highest BCUT2D eigenvalue weighted by molar-refractivity contribution is 8.00. The molecule has 2 aromatic rings. The van der Waals surface area contributed by atoms with E-state index in [0.717, 1.165) is 10.7 Å². The molecule has 0 saturated heterocycles. The van der Waals surface area contributed by atoms with Gasteiger partial charge in [-0.1, -0.05) is 24.8 Å². The second-order valence-corrected chi connectivity index (χ2v) is 5.60. The maximum absolute atomic E-state index is 11.5. The smallest absolute Gasteiger partial charge is 0.319 e. The quantitative estimate of drug-likeness (QED) is 0.674. The Morgan fingerprint density at radius 3 is 3.11 bits per heavy atom. The van der Waals surface area contributed by atoms with Gasteiger partial charge >= 0.3 is 5.97 Å². The number of nitrogens with zero attached hydrogens (tertiary/aromatic N) is 2. The van der Waals surface area contributed by atoms with Crippen LogP contribution in [-0.4, -0.2) is 33.5 Å². The van der Waals surface area contributed by atoms with Crippen LogP contribution in [0.3, 0.4) is 0 Å². The monoisotopic (exact) mass is 283 g/mol. The summed E-state index contributed by atoms with van der Waals surface area (Å²) in [5.74, 6) is 0.484. The van der Waals surface area contributed by atoms with E-state index in [0.29, 0.717) is 11.6 Å². The number of aromatic amines is 1. The van der Waals surface area contributed by atoms with Gasteiger partial charge in [0.15, 0.2) is 5.82 Å². The standard InChI is InChI=1S/C11H13N3O2S2/c1-3-7(10(15)16-2)18-11-12-9(13-14-11)8-5-4-6-17-8/h4-7H,3H2,1-2H3,(H,12,13,14)/t7-/m1/s1. The van der Waals surface area contributed by atoms with E-state index in [1.165, 1.54) is 18.9 Å². The number of hydrogen-bond donors (Lipinski definition) is 1. The van der Waals surface area contributed by atoms with Crippen LogP contribution in [0, 0.1) is 0 Å². The van der Waals surface area contributed by atoms with Crippen LogP contribution in [-0.2, 0) is 9.53 Å². The summed E-state index contributed by atoms with van der Waals surface area (Å²) in [6, 6.07) is 3.93. The van der Waals surface area contributed by atoms with Gasteiger partial charge < -0.3 is 4.74 Å². The second-order valence-electron chi connectivity index (χ2n) is 3.48. The molecule has 1 atom stereocenters. The SMILES string of the molecule is CC[C@@H](Sc1n[nH]c(-c2cccs2)n1)C(=O)OC. The first-order valence-electron chi connectivity index (χ1n) is 5.45. The fraction of sp³-hybridized carbons (Fsp3) is 0.364. The van der Waals surface area contributed by atoms with Crippen LogP contribution in [0.15, 0.2) is 22.7 Å². The van der Waals surface area contributed by atoms with E-state index < -0.39 is 0 Å². The topological polar surface area (TPSA) is 67.9 Å². The third-order valence-corrected chi connectivity index (χ3v) is 4.38. The Balaban J connectivity index is 2.08. The van der Waals surface area contributed by atoms with Crippen molar-refractivity contribution in [3.8, 4) is 10.7 Å². The molecule has 2 heterocycles. The second kappa shape index (κ2) is 6.01. The maximum Gasteiger partial charge on any atom is 0.319 e. The first-order valence-corrected chi connectivity index (χ1v) is 7.21. The predicted molar refractivity (Wildman–Crippen MR) is 71.6 cm³/mol. The highest BCUT2D eigenvalue weighted by Crippen LogP contribution is 2.26. The van der Waals surface area contributed by atoms with Gasteiger partial charge in [0.25, 0.3) is 0 Å². The average Bonchev–Trinajstić information content (AvgIpc) is 3.05. The zero-order valence-electron chi connectivity index (χ0n) is 10.0. The minimum Gasteiger partial charge on any atom is -0.468 e. The van der Waals surface area contributed by atoms with E-state index >= 15 is 0 Å². The number of thioether (sulfide) groups is 1. The van der Waals surface area contributed by atoms with Crippen LogP contribution in [0.1, 0.15) is 13.3 Å². The Hall–Kier alpha value is -1.34. The average molecular weight is 283 g/mol. The molecule has 0 aromatic carbocycles. The molecule has 2 aromatic heterocycles. The fourth-order valence-electron chi connectivity index (χ4n) is 1.38. The normalized spacial score (nSPS) is 12.3. The molecule has 0 radical (unpaired) electrons. The summed E-state index contributed by atoms with van der Waals surface area (Å²) in [5, 5.41) is 9.26. The van der Waals surface area contributed by atoms with Crippen molar-refractivity contribution in [2.45, 2.75) is 23.8 Å². The predicted octanol–water partition coefficient (Wildman–Crippen LogP) is 2.58. The van der Waals surface area contributed by atoms with Gasteiger partial charge in [-0.15, -0.1) is 16.4 Å². The van der Waals surface area contributed by atoms with Gasteiger partial charge in [0, 0.05) is 0 Å². The molecule has 5 nitrogen and oxygen atoms in total. The van der Waals surface area contributed by atoms with Gasteiger partial charge in [-0.25, -0.2) is 4.98 Å². The molecular weight excluding hydrogens is 270 g/mol. The number of carbonyl (C=O) groups is 1. The van der Waals surface area contributed by atoms with Crippen molar-refractivity contribution in [2.24, 2.45) is 0 Å². The highest BCUT2D eigenvalue weighted by atomic mass is 32.2. The molecule has 0 aliphatic carbocycles. The summed E-state index contributed by atoms with van der Waals surface area (Å²) in [6.07, 6.45) is 0.681. The van der Waals surface area contributed by atoms with Gasteiger partial charge in [0.2, 0.25) is 5.16 Å².